The molecule has 2 aromatic carbocycles. The maximum atomic E-state index is 12.2. The van der Waals surface area contributed by atoms with Gasteiger partial charge in [0.25, 0.3) is 11.7 Å². The smallest absolute Gasteiger partial charge is 0.299 e. The fourth-order valence-corrected chi connectivity index (χ4v) is 2.67. The summed E-state index contributed by atoms with van der Waals surface area (Å²) < 4.78 is 5.16. The van der Waals surface area contributed by atoms with Crippen LogP contribution < -0.4 is 9.64 Å². The van der Waals surface area contributed by atoms with Crippen LogP contribution in [0.25, 0.3) is 0 Å². The maximum absolute atomic E-state index is 12.2. The van der Waals surface area contributed by atoms with Crippen LogP contribution in [0.4, 0.5) is 5.69 Å². The van der Waals surface area contributed by atoms with Crippen LogP contribution in [0, 0.1) is 0 Å². The Kier molecular flexibility index (Phi) is 3.39. The molecule has 5 heteroatoms. The number of hydrogen-bond donors (Lipinski definition) is 0. The molecule has 0 saturated carbocycles. The van der Waals surface area contributed by atoms with Gasteiger partial charge < -0.3 is 9.64 Å². The normalized spacial score (nSPS) is 13.5. The quantitative estimate of drug-likeness (QED) is 0.819. The third-order valence-corrected chi connectivity index (χ3v) is 3.74. The van der Waals surface area contributed by atoms with Crippen molar-refractivity contribution >= 4 is 29.0 Å². The number of hydrogen-bond acceptors (Lipinski definition) is 3. The second-order valence-electron chi connectivity index (χ2n) is 4.71. The first-order chi connectivity index (χ1) is 10.1. The van der Waals surface area contributed by atoms with Crippen molar-refractivity contribution in [2.24, 2.45) is 0 Å². The fraction of sp³-hybridized carbons (Fsp3) is 0.125. The summed E-state index contributed by atoms with van der Waals surface area (Å²) in [4.78, 5) is 25.6. The molecule has 0 unspecified atom stereocenters. The van der Waals surface area contributed by atoms with E-state index in [-0.39, 0.29) is 5.56 Å². The van der Waals surface area contributed by atoms with Crippen LogP contribution in [-0.2, 0) is 11.3 Å². The molecule has 0 atom stereocenters. The lowest BCUT2D eigenvalue weighted by Crippen LogP contribution is -2.29. The fourth-order valence-electron chi connectivity index (χ4n) is 2.41. The van der Waals surface area contributed by atoms with Gasteiger partial charge >= 0.3 is 0 Å². The Labute approximate surface area is 126 Å². The number of halogens is 1. The third kappa shape index (κ3) is 2.28. The van der Waals surface area contributed by atoms with Gasteiger partial charge in [-0.3, -0.25) is 9.59 Å². The molecule has 2 aromatic rings. The van der Waals surface area contributed by atoms with Crippen LogP contribution in [0.2, 0.25) is 5.02 Å². The zero-order chi connectivity index (χ0) is 15.0. The van der Waals surface area contributed by atoms with Crippen molar-refractivity contribution in [2.45, 2.75) is 6.54 Å². The SMILES string of the molecule is COc1cccc(CN2C(=O)C(=O)c3c(Cl)cccc32)c1. The lowest BCUT2D eigenvalue weighted by atomic mass is 10.1. The van der Waals surface area contributed by atoms with Gasteiger partial charge in [-0.1, -0.05) is 29.8 Å². The first-order valence-electron chi connectivity index (χ1n) is 6.39. The van der Waals surface area contributed by atoms with E-state index in [0.717, 1.165) is 5.56 Å². The highest BCUT2D eigenvalue weighted by Gasteiger charge is 2.37. The molecule has 3 rings (SSSR count). The van der Waals surface area contributed by atoms with Gasteiger partial charge in [0.05, 0.1) is 29.9 Å². The minimum absolute atomic E-state index is 0.284. The molecular weight excluding hydrogens is 290 g/mol. The lowest BCUT2D eigenvalue weighted by Gasteiger charge is -2.17. The van der Waals surface area contributed by atoms with E-state index in [2.05, 4.69) is 0 Å². The van der Waals surface area contributed by atoms with Crippen molar-refractivity contribution in [1.82, 2.24) is 0 Å². The minimum Gasteiger partial charge on any atom is -0.497 e. The molecular formula is C16H12ClNO3. The summed E-state index contributed by atoms with van der Waals surface area (Å²) in [6, 6.07) is 12.4. The highest BCUT2D eigenvalue weighted by Crippen LogP contribution is 2.35. The summed E-state index contributed by atoms with van der Waals surface area (Å²) in [6.07, 6.45) is 0. The van der Waals surface area contributed by atoms with Gasteiger partial charge in [-0.25, -0.2) is 0 Å². The molecule has 0 saturated heterocycles. The number of anilines is 1. The van der Waals surface area contributed by atoms with E-state index in [1.165, 1.54) is 4.90 Å². The Bertz CT molecular complexity index is 742. The van der Waals surface area contributed by atoms with Crippen LogP contribution in [0.1, 0.15) is 15.9 Å². The van der Waals surface area contributed by atoms with Crippen LogP contribution in [0.3, 0.4) is 0 Å². The van der Waals surface area contributed by atoms with Crippen molar-refractivity contribution in [3.8, 4) is 5.75 Å². The number of carbonyl (C=O) groups is 2. The molecule has 0 aromatic heterocycles. The highest BCUT2D eigenvalue weighted by atomic mass is 35.5. The second kappa shape index (κ2) is 5.22. The van der Waals surface area contributed by atoms with Gasteiger partial charge in [-0.05, 0) is 29.8 Å². The predicted molar refractivity (Wildman–Crippen MR) is 80.0 cm³/mol. The molecule has 106 valence electrons. The standard InChI is InChI=1S/C16H12ClNO3/c1-21-11-5-2-4-10(8-11)9-18-13-7-3-6-12(17)14(13)15(19)16(18)20/h2-8H,9H2,1H3. The van der Waals surface area contributed by atoms with E-state index in [0.29, 0.717) is 23.0 Å². The van der Waals surface area contributed by atoms with Crippen molar-refractivity contribution < 1.29 is 14.3 Å². The van der Waals surface area contributed by atoms with E-state index >= 15 is 0 Å². The minimum atomic E-state index is -0.557. The highest BCUT2D eigenvalue weighted by molar-refractivity contribution is 6.55. The number of ether oxygens (including phenoxy) is 1. The molecule has 4 nitrogen and oxygen atoms in total. The molecule has 0 radical (unpaired) electrons. The maximum Gasteiger partial charge on any atom is 0.299 e. The Hall–Kier alpha value is -2.33. The Morgan fingerprint density at radius 2 is 1.90 bits per heavy atom. The Morgan fingerprint density at radius 3 is 2.67 bits per heavy atom. The Balaban J connectivity index is 1.98. The average molecular weight is 302 g/mol. The third-order valence-electron chi connectivity index (χ3n) is 3.42. The second-order valence-corrected chi connectivity index (χ2v) is 5.11. The first-order valence-corrected chi connectivity index (χ1v) is 6.77. The summed E-state index contributed by atoms with van der Waals surface area (Å²) in [5.74, 6) is -0.406. The lowest BCUT2D eigenvalue weighted by molar-refractivity contribution is -0.114. The van der Waals surface area contributed by atoms with Crippen molar-refractivity contribution in [2.75, 3.05) is 12.0 Å². The van der Waals surface area contributed by atoms with E-state index < -0.39 is 11.7 Å². The number of amides is 1. The van der Waals surface area contributed by atoms with Gasteiger partial charge in [0.15, 0.2) is 0 Å². The molecule has 1 amide bonds. The molecule has 0 spiro atoms. The van der Waals surface area contributed by atoms with E-state index in [1.54, 1.807) is 25.3 Å². The van der Waals surface area contributed by atoms with E-state index in [9.17, 15) is 9.59 Å². The number of methoxy groups -OCH3 is 1. The van der Waals surface area contributed by atoms with Crippen LogP contribution in [-0.4, -0.2) is 18.8 Å². The summed E-state index contributed by atoms with van der Waals surface area (Å²) in [5, 5.41) is 0.305. The number of Topliss-reactive ketones (excluding diaryl/α,β-unsaturated/α-hetero) is 1. The number of carbonyl (C=O) groups excluding carboxylic acids is 2. The predicted octanol–water partition coefficient (Wildman–Crippen LogP) is 3.08. The number of rotatable bonds is 3. The van der Waals surface area contributed by atoms with Crippen molar-refractivity contribution in [3.63, 3.8) is 0 Å². The summed E-state index contributed by atoms with van der Waals surface area (Å²) in [5.41, 5.74) is 1.72. The summed E-state index contributed by atoms with van der Waals surface area (Å²) in [7, 11) is 1.58. The number of nitrogens with zero attached hydrogens (tertiary/aromatic N) is 1. The molecule has 0 N–H and O–H groups in total. The van der Waals surface area contributed by atoms with Crippen molar-refractivity contribution in [3.05, 3.63) is 58.6 Å². The number of ketones is 1. The molecule has 1 aliphatic rings. The zero-order valence-corrected chi connectivity index (χ0v) is 12.1. The van der Waals surface area contributed by atoms with Gasteiger partial charge in [0.1, 0.15) is 5.75 Å². The largest absolute Gasteiger partial charge is 0.497 e. The van der Waals surface area contributed by atoms with Gasteiger partial charge in [-0.2, -0.15) is 0 Å². The van der Waals surface area contributed by atoms with Gasteiger partial charge in [-0.15, -0.1) is 0 Å². The van der Waals surface area contributed by atoms with E-state index in [4.69, 9.17) is 16.3 Å². The number of benzene rings is 2. The average Bonchev–Trinajstić information content (AvgIpc) is 2.74. The molecule has 0 bridgehead atoms. The molecule has 0 aliphatic carbocycles. The summed E-state index contributed by atoms with van der Waals surface area (Å²) >= 11 is 6.03. The summed E-state index contributed by atoms with van der Waals surface area (Å²) in [6.45, 7) is 0.301. The number of fused-ring (bicyclic) bond motifs is 1. The zero-order valence-electron chi connectivity index (χ0n) is 11.3. The van der Waals surface area contributed by atoms with Gasteiger partial charge in [0.2, 0.25) is 0 Å². The van der Waals surface area contributed by atoms with Crippen molar-refractivity contribution in [1.29, 1.82) is 0 Å². The Morgan fingerprint density at radius 1 is 1.14 bits per heavy atom. The topological polar surface area (TPSA) is 46.6 Å². The van der Waals surface area contributed by atoms with Gasteiger partial charge in [0, 0.05) is 0 Å². The first kappa shape index (κ1) is 13.6. The van der Waals surface area contributed by atoms with E-state index in [1.807, 2.05) is 24.3 Å². The molecule has 1 aliphatic heterocycles. The van der Waals surface area contributed by atoms with Crippen LogP contribution >= 0.6 is 11.6 Å². The monoisotopic (exact) mass is 301 g/mol. The van der Waals surface area contributed by atoms with Crippen LogP contribution in [0.5, 0.6) is 5.75 Å². The molecule has 1 heterocycles. The molecule has 0 fully saturated rings. The molecule has 21 heavy (non-hydrogen) atoms. The van der Waals surface area contributed by atoms with Crippen LogP contribution in [0.15, 0.2) is 42.5 Å².